The Morgan fingerprint density at radius 3 is 2.13 bits per heavy atom. The monoisotopic (exact) mass is 451 g/mol. The number of nitrogens with two attached hydrogens (primary N) is 1. The van der Waals surface area contributed by atoms with Gasteiger partial charge in [-0.3, -0.25) is 34.5 Å². The number of carbonyl (C=O) groups excluding carboxylic acids is 6. The molecule has 0 spiro atoms. The van der Waals surface area contributed by atoms with Gasteiger partial charge in [0.25, 0.3) is 6.47 Å². The number of urea groups is 1. The molecule has 0 radical (unpaired) electrons. The number of aliphatic hydroxyl groups excluding tert-OH is 1. The number of aliphatic carboxylic acids is 1. The first-order valence-corrected chi connectivity index (χ1v) is 9.38. The van der Waals surface area contributed by atoms with Gasteiger partial charge in [-0.2, -0.15) is 0 Å². The summed E-state index contributed by atoms with van der Waals surface area (Å²) in [4.78, 5) is 74.0. The van der Waals surface area contributed by atoms with E-state index < -0.39 is 53.5 Å². The summed E-state index contributed by atoms with van der Waals surface area (Å²) in [5.74, 6) is -2.84. The molecular formula is C16H25N3O10S. The zero-order valence-electron chi connectivity index (χ0n) is 16.4. The first-order chi connectivity index (χ1) is 13.9. The SMILES string of the molecule is CC(=O)C(O)SC[C@H](NC(=O)NC[C@H](N)OC=O)C(=O)CCC(=O)O.CC(=O)C=O. The summed E-state index contributed by atoms with van der Waals surface area (Å²) in [5, 5.41) is 22.6. The Kier molecular flexibility index (Phi) is 16.7. The minimum Gasteiger partial charge on any atom is -0.481 e. The molecule has 1 unspecified atom stereocenters. The third-order valence-electron chi connectivity index (χ3n) is 2.91. The number of aldehydes is 1. The number of Topliss-reactive ketones (excluding diaryl/α,β-unsaturated/α-hetero) is 3. The molecule has 6 N–H and O–H groups in total. The number of carbonyl (C=O) groups is 7. The molecule has 3 atom stereocenters. The van der Waals surface area contributed by atoms with Crippen molar-refractivity contribution < 1.29 is 48.5 Å². The van der Waals surface area contributed by atoms with Crippen LogP contribution in [-0.2, 0) is 33.5 Å². The maximum atomic E-state index is 12.0. The van der Waals surface area contributed by atoms with Crippen LogP contribution in [0, 0.1) is 0 Å². The fourth-order valence-electron chi connectivity index (χ4n) is 1.45. The van der Waals surface area contributed by atoms with Crippen molar-refractivity contribution in [3.63, 3.8) is 0 Å². The molecule has 0 aromatic carbocycles. The van der Waals surface area contributed by atoms with E-state index in [9.17, 15) is 33.9 Å². The summed E-state index contributed by atoms with van der Waals surface area (Å²) < 4.78 is 4.36. The standard InChI is InChI=1S/C13H21N3O8S.C3H4O2/c1-7(18)12(22)25-5-8(9(19)2-3-11(20)21)16-13(23)15-4-10(14)24-6-17;1-3(5)2-4/h6,8,10,12,22H,2-5,14H2,1H3,(H,20,21)(H2,15,16,23);2H,1H3/t8-,10+,12?;/m0./s1. The summed E-state index contributed by atoms with van der Waals surface area (Å²) in [6.07, 6.45) is -1.54. The zero-order chi connectivity index (χ0) is 23.7. The van der Waals surface area contributed by atoms with Crippen LogP contribution in [0.4, 0.5) is 4.79 Å². The molecule has 30 heavy (non-hydrogen) atoms. The van der Waals surface area contributed by atoms with Crippen LogP contribution in [-0.4, -0.2) is 82.3 Å². The zero-order valence-corrected chi connectivity index (χ0v) is 17.2. The average Bonchev–Trinajstić information content (AvgIpc) is 2.67. The third-order valence-corrected chi connectivity index (χ3v) is 4.08. The van der Waals surface area contributed by atoms with Crippen molar-refractivity contribution in [2.75, 3.05) is 12.3 Å². The smallest absolute Gasteiger partial charge is 0.315 e. The van der Waals surface area contributed by atoms with Crippen molar-refractivity contribution in [3.05, 3.63) is 0 Å². The van der Waals surface area contributed by atoms with Crippen molar-refractivity contribution >= 4 is 53.9 Å². The molecular weight excluding hydrogens is 426 g/mol. The van der Waals surface area contributed by atoms with E-state index in [1.54, 1.807) is 0 Å². The maximum Gasteiger partial charge on any atom is 0.315 e. The van der Waals surface area contributed by atoms with E-state index in [0.717, 1.165) is 18.7 Å². The predicted molar refractivity (Wildman–Crippen MR) is 103 cm³/mol. The molecule has 0 saturated heterocycles. The number of ether oxygens (including phenoxy) is 1. The van der Waals surface area contributed by atoms with E-state index in [2.05, 4.69) is 15.4 Å². The predicted octanol–water partition coefficient (Wildman–Crippen LogP) is -2.04. The van der Waals surface area contributed by atoms with Crippen LogP contribution in [0.1, 0.15) is 26.7 Å². The second-order valence-corrected chi connectivity index (χ2v) is 6.68. The van der Waals surface area contributed by atoms with Gasteiger partial charge >= 0.3 is 12.0 Å². The molecule has 0 aliphatic carbocycles. The van der Waals surface area contributed by atoms with Crippen LogP contribution in [0.25, 0.3) is 0 Å². The molecule has 13 nitrogen and oxygen atoms in total. The first-order valence-electron chi connectivity index (χ1n) is 8.33. The highest BCUT2D eigenvalue weighted by atomic mass is 32.2. The number of ketones is 3. The van der Waals surface area contributed by atoms with Gasteiger partial charge in [0, 0.05) is 19.1 Å². The van der Waals surface area contributed by atoms with Crippen molar-refractivity contribution in [2.24, 2.45) is 5.73 Å². The van der Waals surface area contributed by atoms with Crippen LogP contribution in [0.15, 0.2) is 0 Å². The van der Waals surface area contributed by atoms with E-state index in [0.29, 0.717) is 0 Å². The minimum absolute atomic E-state index is 0.113. The third kappa shape index (κ3) is 17.3. The number of rotatable bonds is 14. The molecule has 0 fully saturated rings. The number of thioether (sulfide) groups is 1. The molecule has 0 heterocycles. The fraction of sp³-hybridized carbons (Fsp3) is 0.562. The summed E-state index contributed by atoms with van der Waals surface area (Å²) in [5.41, 5.74) is 3.97. The van der Waals surface area contributed by atoms with Crippen molar-refractivity contribution in [3.8, 4) is 0 Å². The molecule has 2 amide bonds. The van der Waals surface area contributed by atoms with Crippen molar-refractivity contribution in [1.82, 2.24) is 10.6 Å². The van der Waals surface area contributed by atoms with Crippen LogP contribution in [0.2, 0.25) is 0 Å². The lowest BCUT2D eigenvalue weighted by molar-refractivity contribution is -0.138. The number of carboxylic acid groups (broad SMARTS) is 1. The molecule has 0 saturated carbocycles. The number of nitrogens with one attached hydrogen (secondary N) is 2. The summed E-state index contributed by atoms with van der Waals surface area (Å²) in [6.45, 7) is 2.27. The van der Waals surface area contributed by atoms with E-state index >= 15 is 0 Å². The van der Waals surface area contributed by atoms with E-state index in [1.165, 1.54) is 6.92 Å². The van der Waals surface area contributed by atoms with Crippen LogP contribution >= 0.6 is 11.8 Å². The van der Waals surface area contributed by atoms with Gasteiger partial charge in [0.1, 0.15) is 0 Å². The number of amides is 2. The lowest BCUT2D eigenvalue weighted by Gasteiger charge is -2.19. The van der Waals surface area contributed by atoms with Gasteiger partial charge in [-0.25, -0.2) is 4.79 Å². The van der Waals surface area contributed by atoms with Gasteiger partial charge in [0.15, 0.2) is 35.3 Å². The second kappa shape index (κ2) is 17.1. The van der Waals surface area contributed by atoms with Gasteiger partial charge in [-0.05, 0) is 6.92 Å². The highest BCUT2D eigenvalue weighted by Gasteiger charge is 2.24. The number of hydrogen-bond donors (Lipinski definition) is 5. The summed E-state index contributed by atoms with van der Waals surface area (Å²) >= 11 is 0.729. The highest BCUT2D eigenvalue weighted by molar-refractivity contribution is 8.00. The average molecular weight is 451 g/mol. The molecule has 0 rings (SSSR count). The Bertz CT molecular complexity index is 628. The second-order valence-electron chi connectivity index (χ2n) is 5.56. The van der Waals surface area contributed by atoms with Gasteiger partial charge < -0.3 is 25.6 Å². The summed E-state index contributed by atoms with van der Waals surface area (Å²) in [7, 11) is 0. The van der Waals surface area contributed by atoms with Gasteiger partial charge in [0.05, 0.1) is 19.0 Å². The number of carboxylic acids is 1. The molecule has 14 heteroatoms. The highest BCUT2D eigenvalue weighted by Crippen LogP contribution is 2.12. The molecule has 0 bridgehead atoms. The topological polar surface area (TPSA) is 219 Å². The van der Waals surface area contributed by atoms with Gasteiger partial charge in [-0.1, -0.05) is 0 Å². The quantitative estimate of drug-likeness (QED) is 0.110. The van der Waals surface area contributed by atoms with Crippen LogP contribution in [0.5, 0.6) is 0 Å². The molecule has 0 aromatic rings. The van der Waals surface area contributed by atoms with E-state index in [1.807, 2.05) is 0 Å². The van der Waals surface area contributed by atoms with Gasteiger partial charge in [-0.15, -0.1) is 11.8 Å². The molecule has 170 valence electrons. The Balaban J connectivity index is 0. The normalized spacial score (nSPS) is 12.7. The molecule has 0 aliphatic heterocycles. The lowest BCUT2D eigenvalue weighted by atomic mass is 10.1. The number of hydrogen-bond acceptors (Lipinski definition) is 11. The maximum absolute atomic E-state index is 12.0. The Labute approximate surface area is 176 Å². The van der Waals surface area contributed by atoms with Gasteiger partial charge in [0.2, 0.25) is 0 Å². The van der Waals surface area contributed by atoms with Crippen LogP contribution in [0.3, 0.4) is 0 Å². The Hall–Kier alpha value is -2.84. The first kappa shape index (κ1) is 29.4. The molecule has 0 aromatic heterocycles. The minimum atomic E-state index is -1.37. The van der Waals surface area contributed by atoms with E-state index in [-0.39, 0.29) is 31.5 Å². The Morgan fingerprint density at radius 2 is 1.70 bits per heavy atom. The molecule has 0 aliphatic rings. The lowest BCUT2D eigenvalue weighted by Crippen LogP contribution is -2.50. The number of aliphatic hydroxyl groups is 1. The summed E-state index contributed by atoms with van der Waals surface area (Å²) in [6, 6.07) is -1.93. The van der Waals surface area contributed by atoms with Crippen molar-refractivity contribution in [1.29, 1.82) is 0 Å². The Morgan fingerprint density at radius 1 is 1.13 bits per heavy atom. The van der Waals surface area contributed by atoms with E-state index in [4.69, 9.17) is 15.6 Å². The fourth-order valence-corrected chi connectivity index (χ4v) is 2.32. The largest absolute Gasteiger partial charge is 0.481 e. The van der Waals surface area contributed by atoms with Crippen LogP contribution < -0.4 is 16.4 Å². The van der Waals surface area contributed by atoms with Crippen molar-refractivity contribution in [2.45, 2.75) is 44.4 Å².